The van der Waals surface area contributed by atoms with Crippen LogP contribution in [0.2, 0.25) is 0 Å². The Morgan fingerprint density at radius 2 is 1.00 bits per heavy atom. The molecule has 0 unspecified atom stereocenters. The number of carboxylic acids is 2. The zero-order chi connectivity index (χ0) is 45.5. The summed E-state index contributed by atoms with van der Waals surface area (Å²) in [6.45, 7) is 6.84. The molecule has 0 bridgehead atoms. The minimum Gasteiger partial charge on any atom is -0.481 e. The van der Waals surface area contributed by atoms with Gasteiger partial charge >= 0.3 is 18.0 Å². The molecule has 3 atom stereocenters. The summed E-state index contributed by atoms with van der Waals surface area (Å²) in [5.41, 5.74) is 10.0. The van der Waals surface area contributed by atoms with Crippen molar-refractivity contribution in [1.82, 2.24) is 10.2 Å². The van der Waals surface area contributed by atoms with E-state index >= 15 is 0 Å². The summed E-state index contributed by atoms with van der Waals surface area (Å²) in [7, 11) is 0. The van der Waals surface area contributed by atoms with Gasteiger partial charge in [-0.2, -0.15) is 0 Å². The number of aliphatic carboxylic acids is 2. The molecule has 1 heterocycles. The van der Waals surface area contributed by atoms with Gasteiger partial charge in [0.1, 0.15) is 23.1 Å². The van der Waals surface area contributed by atoms with E-state index in [-0.39, 0.29) is 54.7 Å². The number of nitrogens with one attached hydrogen (secondary N) is 1. The van der Waals surface area contributed by atoms with Crippen LogP contribution in [0.1, 0.15) is 56.7 Å². The molecular formula is C39H45F9N4O8. The summed E-state index contributed by atoms with van der Waals surface area (Å²) in [6.07, 6.45) is -2.26. The van der Waals surface area contributed by atoms with Gasteiger partial charge in [-0.3, -0.25) is 14.4 Å². The van der Waals surface area contributed by atoms with Crippen molar-refractivity contribution in [3.8, 4) is 0 Å². The van der Waals surface area contributed by atoms with Crippen LogP contribution in [-0.2, 0) is 43.1 Å². The van der Waals surface area contributed by atoms with Crippen molar-refractivity contribution in [1.29, 1.82) is 0 Å². The summed E-state index contributed by atoms with van der Waals surface area (Å²) in [6, 6.07) is 0.847. The molecule has 21 heteroatoms. The van der Waals surface area contributed by atoms with Crippen molar-refractivity contribution in [2.75, 3.05) is 26.3 Å². The minimum absolute atomic E-state index is 0.0262. The second-order valence-electron chi connectivity index (χ2n) is 14.4. The molecule has 332 valence electrons. The number of rotatable bonds is 13. The molecule has 7 N–H and O–H groups in total. The van der Waals surface area contributed by atoms with Crippen LogP contribution in [0.3, 0.4) is 0 Å². The number of morpholine rings is 1. The lowest BCUT2D eigenvalue weighted by Crippen LogP contribution is -2.43. The lowest BCUT2D eigenvalue weighted by Gasteiger charge is -2.27. The summed E-state index contributed by atoms with van der Waals surface area (Å²) in [5, 5.41) is 19.6. The summed E-state index contributed by atoms with van der Waals surface area (Å²) >= 11 is 0. The van der Waals surface area contributed by atoms with E-state index in [1.165, 1.54) is 0 Å². The van der Waals surface area contributed by atoms with Crippen LogP contribution in [0.25, 0.3) is 0 Å². The molecule has 1 aliphatic rings. The monoisotopic (exact) mass is 868 g/mol. The average Bonchev–Trinajstić information content (AvgIpc) is 3.11. The quantitative estimate of drug-likeness (QED) is 0.105. The molecule has 0 spiro atoms. The van der Waals surface area contributed by atoms with E-state index in [4.69, 9.17) is 31.2 Å². The highest BCUT2D eigenvalue weighted by molar-refractivity contribution is 5.77. The molecule has 1 aliphatic heterocycles. The van der Waals surface area contributed by atoms with E-state index in [1.54, 1.807) is 25.7 Å². The molecule has 1 fully saturated rings. The Morgan fingerprint density at radius 3 is 1.38 bits per heavy atom. The predicted molar refractivity (Wildman–Crippen MR) is 196 cm³/mol. The fraction of sp³-hybridized carbons (Fsp3) is 0.436. The summed E-state index contributed by atoms with van der Waals surface area (Å²) in [5.74, 6) is -12.8. The number of amides is 2. The number of carboxylic acid groups (broad SMARTS) is 2. The first-order valence-electron chi connectivity index (χ1n) is 18.0. The first-order valence-corrected chi connectivity index (χ1v) is 18.0. The van der Waals surface area contributed by atoms with Crippen LogP contribution in [0.5, 0.6) is 0 Å². The molecule has 60 heavy (non-hydrogen) atoms. The van der Waals surface area contributed by atoms with Crippen molar-refractivity contribution < 1.29 is 78.4 Å². The highest BCUT2D eigenvalue weighted by Gasteiger charge is 2.24. The second kappa shape index (κ2) is 23.4. The molecule has 3 aromatic rings. The number of carbonyl (C=O) groups is 4. The third-order valence-electron chi connectivity index (χ3n) is 8.08. The SMILES string of the molecule is CC(C)(C)OC(=O)N[C@@H](CC(=O)O)Cc1cc(F)c(F)cc1F.N[C@@H](CC(=O)N1CCOCC1)Cc1cc(F)c(F)cc1F.N[C@@H](CC(=O)O)Cc1cc(F)c(F)cc1F. The number of nitrogens with two attached hydrogens (primary N) is 2. The number of ether oxygens (including phenoxy) is 2. The number of carbonyl (C=O) groups excluding carboxylic acids is 2. The first kappa shape index (κ1) is 50.7. The van der Waals surface area contributed by atoms with Gasteiger partial charge in [0.05, 0.1) is 26.1 Å². The third-order valence-corrected chi connectivity index (χ3v) is 8.08. The van der Waals surface area contributed by atoms with Gasteiger partial charge in [-0.15, -0.1) is 0 Å². The van der Waals surface area contributed by atoms with Crippen molar-refractivity contribution in [3.05, 3.63) is 105 Å². The Bertz CT molecular complexity index is 1960. The number of hydrogen-bond acceptors (Lipinski definition) is 8. The van der Waals surface area contributed by atoms with Crippen molar-refractivity contribution in [2.45, 2.75) is 83.0 Å². The van der Waals surface area contributed by atoms with E-state index in [0.717, 1.165) is 6.07 Å². The highest BCUT2D eigenvalue weighted by atomic mass is 19.2. The first-order chi connectivity index (χ1) is 27.8. The number of nitrogens with zero attached hydrogens (tertiary/aromatic N) is 1. The van der Waals surface area contributed by atoms with Crippen LogP contribution >= 0.6 is 0 Å². The van der Waals surface area contributed by atoms with Crippen molar-refractivity contribution in [2.24, 2.45) is 11.5 Å². The molecule has 1 saturated heterocycles. The summed E-state index contributed by atoms with van der Waals surface area (Å²) in [4.78, 5) is 46.4. The molecular weight excluding hydrogens is 823 g/mol. The Kier molecular flexibility index (Phi) is 19.8. The Balaban J connectivity index is 0.000000315. The predicted octanol–water partition coefficient (Wildman–Crippen LogP) is 5.69. The van der Waals surface area contributed by atoms with E-state index in [0.29, 0.717) is 56.6 Å². The van der Waals surface area contributed by atoms with Gasteiger partial charge < -0.3 is 41.4 Å². The van der Waals surface area contributed by atoms with Crippen LogP contribution < -0.4 is 16.8 Å². The molecule has 3 aromatic carbocycles. The molecule has 0 aliphatic carbocycles. The van der Waals surface area contributed by atoms with E-state index in [2.05, 4.69) is 5.32 Å². The highest BCUT2D eigenvalue weighted by Crippen LogP contribution is 2.19. The molecule has 0 saturated carbocycles. The molecule has 0 radical (unpaired) electrons. The maximum absolute atomic E-state index is 13.6. The summed E-state index contributed by atoms with van der Waals surface area (Å²) < 4.78 is 128. The van der Waals surface area contributed by atoms with Gasteiger partial charge in [-0.25, -0.2) is 44.3 Å². The minimum atomic E-state index is -1.35. The zero-order valence-corrected chi connectivity index (χ0v) is 32.6. The van der Waals surface area contributed by atoms with E-state index < -0.39 is 101 Å². The topological polar surface area (TPSA) is 195 Å². The maximum Gasteiger partial charge on any atom is 0.407 e. The number of halogens is 9. The van der Waals surface area contributed by atoms with Gasteiger partial charge in [0.25, 0.3) is 0 Å². The van der Waals surface area contributed by atoms with Gasteiger partial charge in [-0.05, 0) is 74.9 Å². The van der Waals surface area contributed by atoms with Crippen molar-refractivity contribution >= 4 is 23.9 Å². The second-order valence-corrected chi connectivity index (χ2v) is 14.4. The lowest BCUT2D eigenvalue weighted by atomic mass is 10.0. The van der Waals surface area contributed by atoms with Crippen LogP contribution in [-0.4, -0.2) is 89.1 Å². The molecule has 0 aromatic heterocycles. The molecule has 12 nitrogen and oxygen atoms in total. The van der Waals surface area contributed by atoms with Crippen LogP contribution in [0, 0.1) is 52.4 Å². The van der Waals surface area contributed by atoms with Gasteiger partial charge in [-0.1, -0.05) is 0 Å². The average molecular weight is 869 g/mol. The smallest absolute Gasteiger partial charge is 0.407 e. The zero-order valence-electron chi connectivity index (χ0n) is 32.6. The van der Waals surface area contributed by atoms with Crippen molar-refractivity contribution in [3.63, 3.8) is 0 Å². The maximum atomic E-state index is 13.6. The number of hydrogen-bond donors (Lipinski definition) is 5. The van der Waals surface area contributed by atoms with Crippen LogP contribution in [0.15, 0.2) is 36.4 Å². The fourth-order valence-electron chi connectivity index (χ4n) is 5.38. The molecule has 4 rings (SSSR count). The lowest BCUT2D eigenvalue weighted by molar-refractivity contribution is -0.138. The third kappa shape index (κ3) is 18.2. The van der Waals surface area contributed by atoms with E-state index in [1.807, 2.05) is 0 Å². The van der Waals surface area contributed by atoms with Crippen LogP contribution in [0.4, 0.5) is 44.3 Å². The van der Waals surface area contributed by atoms with Gasteiger partial charge in [0.15, 0.2) is 34.9 Å². The van der Waals surface area contributed by atoms with Gasteiger partial charge in [0.2, 0.25) is 5.91 Å². The largest absolute Gasteiger partial charge is 0.481 e. The Labute approximate surface area is 338 Å². The number of benzene rings is 3. The fourth-order valence-corrected chi connectivity index (χ4v) is 5.38. The number of alkyl carbamates (subject to hydrolysis) is 1. The Morgan fingerprint density at radius 1 is 0.633 bits per heavy atom. The standard InChI is InChI=1S/C15H18F3NO4.C14H17F3N2O2.C10H10F3NO2/c1-15(2,3)23-14(22)19-9(6-13(20)21)4-8-5-11(17)12(18)7-10(8)16;15-11-8-13(17)12(16)6-9(11)5-10(18)7-14(20)19-1-3-21-4-2-19;11-7-4-9(13)8(12)2-5(7)1-6(14)3-10(15)16/h5,7,9H,4,6H2,1-3H3,(H,19,22)(H,20,21);6,8,10H,1-5,7,18H2;2,4,6H,1,3,14H2,(H,15,16)/t9-;10-;6-/m111/s1. The van der Waals surface area contributed by atoms with Gasteiger partial charge in [0, 0.05) is 55.8 Å². The normalized spacial score (nSPS) is 14.1. The molecule has 2 amide bonds. The Hall–Kier alpha value is -5.41. The van der Waals surface area contributed by atoms with E-state index in [9.17, 15) is 58.7 Å².